The van der Waals surface area contributed by atoms with E-state index < -0.39 is 0 Å². The Morgan fingerprint density at radius 3 is 3.00 bits per heavy atom. The van der Waals surface area contributed by atoms with Crippen LogP contribution >= 0.6 is 0 Å². The molecule has 0 spiro atoms. The van der Waals surface area contributed by atoms with Gasteiger partial charge in [0, 0.05) is 31.4 Å². The first-order valence-electron chi connectivity index (χ1n) is 8.00. The van der Waals surface area contributed by atoms with E-state index in [4.69, 9.17) is 0 Å². The lowest BCUT2D eigenvalue weighted by atomic mass is 9.97. The van der Waals surface area contributed by atoms with E-state index >= 15 is 0 Å². The van der Waals surface area contributed by atoms with Gasteiger partial charge in [0.25, 0.3) is 11.5 Å². The third-order valence-corrected chi connectivity index (χ3v) is 4.43. The largest absolute Gasteiger partial charge is 0.348 e. The van der Waals surface area contributed by atoms with E-state index in [1.165, 1.54) is 0 Å². The molecule has 0 radical (unpaired) electrons. The van der Waals surface area contributed by atoms with Crippen molar-refractivity contribution in [2.45, 2.75) is 18.8 Å². The van der Waals surface area contributed by atoms with Gasteiger partial charge in [0.2, 0.25) is 0 Å². The normalized spacial score (nSPS) is 18.0. The van der Waals surface area contributed by atoms with E-state index in [1.54, 1.807) is 41.6 Å². The molecule has 1 amide bonds. The Kier molecular flexibility index (Phi) is 3.60. The Morgan fingerprint density at radius 1 is 1.29 bits per heavy atom. The first-order chi connectivity index (χ1) is 11.7. The maximum Gasteiger partial charge on any atom is 0.289 e. The number of carbonyl (C=O) groups is 1. The summed E-state index contributed by atoms with van der Waals surface area (Å²) in [6.45, 7) is 1.23. The minimum atomic E-state index is -0.288. The molecule has 7 nitrogen and oxygen atoms in total. The van der Waals surface area contributed by atoms with Gasteiger partial charge < -0.3 is 14.9 Å². The number of nitrogens with one attached hydrogen (secondary N) is 2. The van der Waals surface area contributed by atoms with Crippen LogP contribution in [-0.4, -0.2) is 43.8 Å². The van der Waals surface area contributed by atoms with Crippen molar-refractivity contribution >= 4 is 16.8 Å². The molecule has 2 N–H and O–H groups in total. The van der Waals surface area contributed by atoms with E-state index in [0.717, 1.165) is 18.7 Å². The molecular formula is C17H17N5O2. The summed E-state index contributed by atoms with van der Waals surface area (Å²) < 4.78 is 0. The van der Waals surface area contributed by atoms with E-state index in [9.17, 15) is 9.59 Å². The van der Waals surface area contributed by atoms with Gasteiger partial charge in [-0.2, -0.15) is 0 Å². The Morgan fingerprint density at radius 2 is 2.17 bits per heavy atom. The summed E-state index contributed by atoms with van der Waals surface area (Å²) in [5.41, 5.74) is 0.243. The molecule has 0 aliphatic carbocycles. The Bertz CT molecular complexity index is 932. The van der Waals surface area contributed by atoms with Gasteiger partial charge in [-0.1, -0.05) is 12.1 Å². The van der Waals surface area contributed by atoms with Crippen LogP contribution in [0, 0.1) is 0 Å². The fourth-order valence-corrected chi connectivity index (χ4v) is 3.22. The number of imidazole rings is 1. The van der Waals surface area contributed by atoms with Crippen molar-refractivity contribution in [1.82, 2.24) is 24.8 Å². The van der Waals surface area contributed by atoms with Crippen LogP contribution in [-0.2, 0) is 0 Å². The zero-order valence-corrected chi connectivity index (χ0v) is 13.0. The summed E-state index contributed by atoms with van der Waals surface area (Å²) in [6.07, 6.45) is 5.39. The average molecular weight is 323 g/mol. The van der Waals surface area contributed by atoms with E-state index in [2.05, 4.69) is 19.9 Å². The number of hydrogen-bond acceptors (Lipinski definition) is 4. The molecule has 4 rings (SSSR count). The summed E-state index contributed by atoms with van der Waals surface area (Å²) in [4.78, 5) is 41.0. The Hall–Kier alpha value is -2.96. The highest BCUT2D eigenvalue weighted by Gasteiger charge is 2.28. The molecule has 3 aromatic rings. The number of carbonyl (C=O) groups excluding carboxylic acids is 1. The van der Waals surface area contributed by atoms with Crippen LogP contribution in [0.3, 0.4) is 0 Å². The number of rotatable bonds is 2. The molecule has 0 bridgehead atoms. The zero-order chi connectivity index (χ0) is 16.5. The maximum atomic E-state index is 12.8. The van der Waals surface area contributed by atoms with Crippen molar-refractivity contribution in [1.29, 1.82) is 0 Å². The molecule has 7 heteroatoms. The van der Waals surface area contributed by atoms with Crippen LogP contribution in [0.25, 0.3) is 10.9 Å². The monoisotopic (exact) mass is 323 g/mol. The summed E-state index contributed by atoms with van der Waals surface area (Å²) in [7, 11) is 0. The number of likely N-dealkylation sites (tertiary alicyclic amines) is 1. The quantitative estimate of drug-likeness (QED) is 0.750. The number of aromatic nitrogens is 4. The number of benzene rings is 1. The van der Waals surface area contributed by atoms with Crippen molar-refractivity contribution in [3.63, 3.8) is 0 Å². The second-order valence-electron chi connectivity index (χ2n) is 6.00. The van der Waals surface area contributed by atoms with Crippen LogP contribution in [0.1, 0.15) is 35.2 Å². The van der Waals surface area contributed by atoms with Gasteiger partial charge in [-0.15, -0.1) is 0 Å². The molecule has 1 saturated heterocycles. The van der Waals surface area contributed by atoms with Crippen molar-refractivity contribution < 1.29 is 4.79 Å². The topological polar surface area (TPSA) is 94.7 Å². The van der Waals surface area contributed by atoms with Crippen LogP contribution in [0.5, 0.6) is 0 Å². The highest BCUT2D eigenvalue weighted by atomic mass is 16.2. The van der Waals surface area contributed by atoms with Gasteiger partial charge in [-0.25, -0.2) is 9.97 Å². The average Bonchev–Trinajstić information content (AvgIpc) is 3.16. The third kappa shape index (κ3) is 2.58. The lowest BCUT2D eigenvalue weighted by molar-refractivity contribution is 0.0692. The summed E-state index contributed by atoms with van der Waals surface area (Å²) in [5.74, 6) is 0.935. The highest BCUT2D eigenvalue weighted by Crippen LogP contribution is 2.25. The second-order valence-corrected chi connectivity index (χ2v) is 6.00. The van der Waals surface area contributed by atoms with Gasteiger partial charge in [-0.05, 0) is 25.0 Å². The van der Waals surface area contributed by atoms with E-state index in [1.807, 2.05) is 0 Å². The number of piperidine rings is 1. The molecule has 1 fully saturated rings. The maximum absolute atomic E-state index is 12.8. The smallest absolute Gasteiger partial charge is 0.289 e. The Labute approximate surface area is 137 Å². The first-order valence-corrected chi connectivity index (χ1v) is 8.00. The summed E-state index contributed by atoms with van der Waals surface area (Å²) >= 11 is 0. The number of fused-ring (bicyclic) bond motifs is 1. The number of hydrogen-bond donors (Lipinski definition) is 2. The standard InChI is InChI=1S/C17H17N5O2/c23-16-12-5-1-2-6-13(12)20-15(21-16)17(24)22-9-3-4-11(10-22)14-18-7-8-19-14/h1-2,5-8,11H,3-4,9-10H2,(H,18,19)(H,20,21,23). The zero-order valence-electron chi connectivity index (χ0n) is 13.0. The molecule has 0 saturated carbocycles. The molecule has 2 aromatic heterocycles. The van der Waals surface area contributed by atoms with Gasteiger partial charge in [0.1, 0.15) is 5.82 Å². The van der Waals surface area contributed by atoms with Gasteiger partial charge in [-0.3, -0.25) is 9.59 Å². The molecule has 1 atom stereocenters. The van der Waals surface area contributed by atoms with Gasteiger partial charge >= 0.3 is 0 Å². The molecule has 3 heterocycles. The molecule has 1 aliphatic heterocycles. The number of H-pyrrole nitrogens is 2. The van der Waals surface area contributed by atoms with Crippen LogP contribution in [0.4, 0.5) is 0 Å². The molecular weight excluding hydrogens is 306 g/mol. The van der Waals surface area contributed by atoms with Crippen LogP contribution in [0.15, 0.2) is 41.5 Å². The van der Waals surface area contributed by atoms with Crippen molar-refractivity contribution in [2.24, 2.45) is 0 Å². The van der Waals surface area contributed by atoms with E-state index in [-0.39, 0.29) is 23.2 Å². The van der Waals surface area contributed by atoms with Crippen molar-refractivity contribution in [3.8, 4) is 0 Å². The number of aromatic amines is 2. The van der Waals surface area contributed by atoms with Crippen LogP contribution < -0.4 is 5.56 Å². The highest BCUT2D eigenvalue weighted by molar-refractivity contribution is 5.92. The SMILES string of the molecule is O=C(c1nc2ccccc2c(=O)[nH]1)N1CCCC(c2ncc[nH]2)C1. The van der Waals surface area contributed by atoms with Gasteiger partial charge in [0.15, 0.2) is 5.82 Å². The minimum absolute atomic E-state index is 0.0961. The number of para-hydroxylation sites is 1. The van der Waals surface area contributed by atoms with Crippen molar-refractivity contribution in [3.05, 3.63) is 58.7 Å². The third-order valence-electron chi connectivity index (χ3n) is 4.43. The fraction of sp³-hybridized carbons (Fsp3) is 0.294. The molecule has 24 heavy (non-hydrogen) atoms. The molecule has 122 valence electrons. The predicted molar refractivity (Wildman–Crippen MR) is 88.8 cm³/mol. The minimum Gasteiger partial charge on any atom is -0.348 e. The fourth-order valence-electron chi connectivity index (χ4n) is 3.22. The lowest BCUT2D eigenvalue weighted by Crippen LogP contribution is -2.40. The molecule has 1 unspecified atom stereocenters. The molecule has 1 aromatic carbocycles. The first kappa shape index (κ1) is 14.6. The van der Waals surface area contributed by atoms with Crippen LogP contribution in [0.2, 0.25) is 0 Å². The summed E-state index contributed by atoms with van der Waals surface area (Å²) in [5, 5.41) is 0.487. The van der Waals surface area contributed by atoms with Gasteiger partial charge in [0.05, 0.1) is 10.9 Å². The Balaban J connectivity index is 1.62. The summed E-state index contributed by atoms with van der Waals surface area (Å²) in [6, 6.07) is 7.02. The predicted octanol–water partition coefficient (Wildman–Crippen LogP) is 1.67. The van der Waals surface area contributed by atoms with E-state index in [0.29, 0.717) is 24.0 Å². The number of nitrogens with zero attached hydrogens (tertiary/aromatic N) is 3. The molecule has 1 aliphatic rings. The number of amides is 1. The lowest BCUT2D eigenvalue weighted by Gasteiger charge is -2.31. The second kappa shape index (κ2) is 5.92. The van der Waals surface area contributed by atoms with Crippen molar-refractivity contribution in [2.75, 3.05) is 13.1 Å².